The molecule has 2 N–H and O–H groups in total. The largest absolute Gasteiger partial charge is 0.464 e. The fourth-order valence-electron chi connectivity index (χ4n) is 1.85. The Morgan fingerprint density at radius 2 is 2.25 bits per heavy atom. The number of aromatic nitrogens is 2. The summed E-state index contributed by atoms with van der Waals surface area (Å²) in [6, 6.07) is 4.38. The summed E-state index contributed by atoms with van der Waals surface area (Å²) in [5.74, 6) is -0.319. The highest BCUT2D eigenvalue weighted by atomic mass is 35.5. The topological polar surface area (TPSA) is 70.1 Å². The molecule has 0 saturated carbocycles. The Morgan fingerprint density at radius 1 is 1.55 bits per heavy atom. The number of nitrogens with two attached hydrogens (primary N) is 1. The van der Waals surface area contributed by atoms with Gasteiger partial charge < -0.3 is 15.0 Å². The van der Waals surface area contributed by atoms with Crippen LogP contribution in [-0.2, 0) is 11.3 Å². The number of hydrogen-bond donors (Lipinski definition) is 1. The van der Waals surface area contributed by atoms with Gasteiger partial charge in [0.25, 0.3) is 0 Å². The molecule has 0 bridgehead atoms. The number of anilines is 1. The minimum Gasteiger partial charge on any atom is -0.464 e. The average molecular weight is 298 g/mol. The summed E-state index contributed by atoms with van der Waals surface area (Å²) < 4.78 is 19.4. The number of hydrogen-bond acceptors (Lipinski definition) is 4. The molecule has 0 saturated heterocycles. The Hall–Kier alpha value is -2.08. The Labute approximate surface area is 120 Å². The first-order chi connectivity index (χ1) is 9.43. The molecule has 2 rings (SSSR count). The van der Waals surface area contributed by atoms with Crippen molar-refractivity contribution >= 4 is 23.4 Å². The van der Waals surface area contributed by atoms with Gasteiger partial charge in [-0.2, -0.15) is 0 Å². The van der Waals surface area contributed by atoms with E-state index in [1.165, 1.54) is 19.2 Å². The van der Waals surface area contributed by atoms with E-state index in [1.54, 1.807) is 17.6 Å². The predicted octanol–water partition coefficient (Wildman–Crippen LogP) is 2.40. The lowest BCUT2D eigenvalue weighted by Gasteiger charge is -2.08. The van der Waals surface area contributed by atoms with Crippen molar-refractivity contribution in [3.8, 4) is 0 Å². The van der Waals surface area contributed by atoms with Crippen molar-refractivity contribution in [1.82, 2.24) is 9.55 Å². The molecule has 0 spiro atoms. The fraction of sp³-hybridized carbons (Fsp3) is 0.231. The molecular formula is C13H13ClFN3O2. The molecule has 0 atom stereocenters. The maximum atomic E-state index is 13.1. The van der Waals surface area contributed by atoms with Crippen molar-refractivity contribution in [2.45, 2.75) is 13.5 Å². The second-order valence-electron chi connectivity index (χ2n) is 4.22. The van der Waals surface area contributed by atoms with Crippen LogP contribution in [0.1, 0.15) is 21.9 Å². The quantitative estimate of drug-likeness (QED) is 0.883. The van der Waals surface area contributed by atoms with Gasteiger partial charge in [0, 0.05) is 0 Å². The fourth-order valence-corrected chi connectivity index (χ4v) is 2.05. The molecule has 5 nitrogen and oxygen atoms in total. The Morgan fingerprint density at radius 3 is 2.85 bits per heavy atom. The lowest BCUT2D eigenvalue weighted by Crippen LogP contribution is -2.09. The monoisotopic (exact) mass is 297 g/mol. The van der Waals surface area contributed by atoms with Crippen molar-refractivity contribution in [3.05, 3.63) is 46.1 Å². The molecule has 0 fully saturated rings. The van der Waals surface area contributed by atoms with Gasteiger partial charge in [-0.25, -0.2) is 14.2 Å². The van der Waals surface area contributed by atoms with Crippen molar-refractivity contribution in [3.63, 3.8) is 0 Å². The molecule has 1 aromatic heterocycles. The van der Waals surface area contributed by atoms with E-state index in [1.807, 2.05) is 0 Å². The summed E-state index contributed by atoms with van der Waals surface area (Å²) in [5.41, 5.74) is 6.71. The van der Waals surface area contributed by atoms with Crippen LogP contribution in [0.25, 0.3) is 0 Å². The number of halogens is 2. The molecule has 0 unspecified atom stereocenters. The lowest BCUT2D eigenvalue weighted by molar-refractivity contribution is 0.0595. The third-order valence-corrected chi connectivity index (χ3v) is 3.19. The third kappa shape index (κ3) is 2.60. The van der Waals surface area contributed by atoms with Crippen LogP contribution in [0.5, 0.6) is 0 Å². The normalized spacial score (nSPS) is 10.6. The molecule has 0 aliphatic heterocycles. The van der Waals surface area contributed by atoms with E-state index in [0.717, 1.165) is 5.56 Å². The number of carbonyl (C=O) groups excluding carboxylic acids is 1. The molecule has 1 aromatic carbocycles. The van der Waals surface area contributed by atoms with E-state index < -0.39 is 11.8 Å². The second-order valence-corrected chi connectivity index (χ2v) is 4.63. The van der Waals surface area contributed by atoms with E-state index in [4.69, 9.17) is 17.3 Å². The molecule has 106 valence electrons. The van der Waals surface area contributed by atoms with Crippen molar-refractivity contribution in [1.29, 1.82) is 0 Å². The average Bonchev–Trinajstić information content (AvgIpc) is 2.70. The number of methoxy groups -OCH3 is 1. The molecule has 20 heavy (non-hydrogen) atoms. The zero-order valence-corrected chi connectivity index (χ0v) is 11.7. The van der Waals surface area contributed by atoms with Crippen LogP contribution in [0.4, 0.5) is 10.2 Å². The first kappa shape index (κ1) is 14.3. The molecule has 0 aliphatic rings. The van der Waals surface area contributed by atoms with E-state index >= 15 is 0 Å². The molecule has 7 heteroatoms. The van der Waals surface area contributed by atoms with Gasteiger partial charge in [-0.05, 0) is 24.6 Å². The van der Waals surface area contributed by atoms with E-state index in [-0.39, 0.29) is 16.5 Å². The maximum Gasteiger partial charge on any atom is 0.360 e. The summed E-state index contributed by atoms with van der Waals surface area (Å²) >= 11 is 5.73. The summed E-state index contributed by atoms with van der Waals surface area (Å²) in [5, 5.41) is 0.0343. The third-order valence-electron chi connectivity index (χ3n) is 2.90. The zero-order chi connectivity index (χ0) is 14.9. The van der Waals surface area contributed by atoms with E-state index in [9.17, 15) is 9.18 Å². The van der Waals surface area contributed by atoms with Crippen LogP contribution in [0.15, 0.2) is 18.2 Å². The molecule has 0 radical (unpaired) electrons. The standard InChI is InChI=1S/C13H13ClFN3O2/c1-7-17-11(13(19)20-2)12(16)18(7)6-8-3-4-10(15)9(14)5-8/h3-5H,6,16H2,1-2H3. The maximum absolute atomic E-state index is 13.1. The second kappa shape index (κ2) is 5.50. The highest BCUT2D eigenvalue weighted by Gasteiger charge is 2.19. The van der Waals surface area contributed by atoms with Gasteiger partial charge in [-0.3, -0.25) is 0 Å². The molecule has 1 heterocycles. The minimum absolute atomic E-state index is 0.0343. The predicted molar refractivity (Wildman–Crippen MR) is 73.2 cm³/mol. The summed E-state index contributed by atoms with van der Waals surface area (Å²) in [7, 11) is 1.26. The van der Waals surface area contributed by atoms with Gasteiger partial charge in [-0.1, -0.05) is 17.7 Å². The number of imidazole rings is 1. The number of rotatable bonds is 3. The number of carbonyl (C=O) groups is 1. The summed E-state index contributed by atoms with van der Waals surface area (Å²) in [4.78, 5) is 15.6. The van der Waals surface area contributed by atoms with Gasteiger partial charge in [0.15, 0.2) is 5.69 Å². The molecule has 0 amide bonds. The minimum atomic E-state index is -0.596. The van der Waals surface area contributed by atoms with Crippen LogP contribution in [0.2, 0.25) is 5.02 Å². The Balaban J connectivity index is 2.36. The number of nitrogens with zero attached hydrogens (tertiary/aromatic N) is 2. The molecule has 0 aliphatic carbocycles. The highest BCUT2D eigenvalue weighted by Crippen LogP contribution is 2.20. The van der Waals surface area contributed by atoms with Gasteiger partial charge in [-0.15, -0.1) is 0 Å². The van der Waals surface area contributed by atoms with Crippen LogP contribution in [-0.4, -0.2) is 22.6 Å². The van der Waals surface area contributed by atoms with Crippen molar-refractivity contribution in [2.75, 3.05) is 12.8 Å². The van der Waals surface area contributed by atoms with Crippen LogP contribution in [0.3, 0.4) is 0 Å². The van der Waals surface area contributed by atoms with E-state index in [0.29, 0.717) is 12.4 Å². The van der Waals surface area contributed by atoms with Gasteiger partial charge in [0.1, 0.15) is 17.5 Å². The number of esters is 1. The SMILES string of the molecule is COC(=O)c1nc(C)n(Cc2ccc(F)c(Cl)c2)c1N. The van der Waals surface area contributed by atoms with Crippen LogP contribution in [0, 0.1) is 12.7 Å². The number of aryl methyl sites for hydroxylation is 1. The summed E-state index contributed by atoms with van der Waals surface area (Å²) in [6.07, 6.45) is 0. The van der Waals surface area contributed by atoms with Crippen LogP contribution < -0.4 is 5.73 Å². The first-order valence-electron chi connectivity index (χ1n) is 5.79. The Kier molecular flexibility index (Phi) is 3.94. The van der Waals surface area contributed by atoms with Crippen molar-refractivity contribution < 1.29 is 13.9 Å². The van der Waals surface area contributed by atoms with Crippen LogP contribution >= 0.6 is 11.6 Å². The number of benzene rings is 1. The molecular weight excluding hydrogens is 285 g/mol. The Bertz CT molecular complexity index is 670. The number of nitrogen functional groups attached to an aromatic ring is 1. The van der Waals surface area contributed by atoms with Crippen molar-refractivity contribution in [2.24, 2.45) is 0 Å². The van der Waals surface area contributed by atoms with E-state index in [2.05, 4.69) is 9.72 Å². The van der Waals surface area contributed by atoms with Gasteiger partial charge >= 0.3 is 5.97 Å². The lowest BCUT2D eigenvalue weighted by atomic mass is 10.2. The highest BCUT2D eigenvalue weighted by molar-refractivity contribution is 6.30. The van der Waals surface area contributed by atoms with Gasteiger partial charge in [0.2, 0.25) is 0 Å². The number of ether oxygens (including phenoxy) is 1. The summed E-state index contributed by atoms with van der Waals surface area (Å²) in [6.45, 7) is 2.05. The smallest absolute Gasteiger partial charge is 0.360 e. The first-order valence-corrected chi connectivity index (χ1v) is 6.16. The molecule has 2 aromatic rings. The van der Waals surface area contributed by atoms with Gasteiger partial charge in [0.05, 0.1) is 18.7 Å². The zero-order valence-electron chi connectivity index (χ0n) is 11.0.